The first-order valence-electron chi connectivity index (χ1n) is 8.13. The monoisotopic (exact) mass is 362 g/mol. The van der Waals surface area contributed by atoms with Crippen LogP contribution in [0.15, 0.2) is 35.7 Å². The Morgan fingerprint density at radius 2 is 1.96 bits per heavy atom. The molecule has 0 aliphatic rings. The molecule has 0 amide bonds. The average molecular weight is 362 g/mol. The van der Waals surface area contributed by atoms with E-state index in [1.165, 1.54) is 11.3 Å². The predicted molar refractivity (Wildman–Crippen MR) is 96.7 cm³/mol. The predicted octanol–water partition coefficient (Wildman–Crippen LogP) is 2.90. The molecule has 6 nitrogen and oxygen atoms in total. The maximum atomic E-state index is 11.5. The fraction of sp³-hybridized carbons (Fsp3) is 0.389. The van der Waals surface area contributed by atoms with Gasteiger partial charge in [-0.1, -0.05) is 37.3 Å². The van der Waals surface area contributed by atoms with Gasteiger partial charge in [0.05, 0.1) is 5.69 Å². The van der Waals surface area contributed by atoms with Crippen LogP contribution in [0.3, 0.4) is 0 Å². The van der Waals surface area contributed by atoms with Crippen molar-refractivity contribution in [2.24, 2.45) is 5.92 Å². The summed E-state index contributed by atoms with van der Waals surface area (Å²) in [5.74, 6) is -1.68. The van der Waals surface area contributed by atoms with Gasteiger partial charge in [-0.2, -0.15) is 0 Å². The highest BCUT2D eigenvalue weighted by Crippen LogP contribution is 2.23. The van der Waals surface area contributed by atoms with E-state index in [9.17, 15) is 14.7 Å². The molecule has 0 aliphatic heterocycles. The fourth-order valence-corrected chi connectivity index (χ4v) is 3.22. The summed E-state index contributed by atoms with van der Waals surface area (Å²) in [4.78, 5) is 26.6. The first-order chi connectivity index (χ1) is 12.0. The topological polar surface area (TPSA) is 99.5 Å². The van der Waals surface area contributed by atoms with Crippen LogP contribution < -0.4 is 5.32 Å². The van der Waals surface area contributed by atoms with Crippen LogP contribution in [0.2, 0.25) is 0 Å². The summed E-state index contributed by atoms with van der Waals surface area (Å²) in [5.41, 5.74) is 1.75. The van der Waals surface area contributed by atoms with Crippen LogP contribution in [-0.4, -0.2) is 39.7 Å². The third kappa shape index (κ3) is 6.28. The second kappa shape index (κ2) is 9.29. The Morgan fingerprint density at radius 3 is 2.60 bits per heavy atom. The largest absolute Gasteiger partial charge is 0.481 e. The van der Waals surface area contributed by atoms with E-state index in [1.54, 1.807) is 0 Å². The standard InChI is InChI=1S/C18H22N2O4S/c1-12(7-8-16(21)22)10-19-15(18(23)24)9-14-11-25-17(20-14)13-5-3-2-4-6-13/h2-6,11-12,15,19H,7-10H2,1H3,(H,21,22)(H,23,24). The molecule has 2 unspecified atom stereocenters. The highest BCUT2D eigenvalue weighted by Gasteiger charge is 2.20. The van der Waals surface area contributed by atoms with E-state index in [2.05, 4.69) is 10.3 Å². The van der Waals surface area contributed by atoms with E-state index < -0.39 is 18.0 Å². The number of hydrogen-bond donors (Lipinski definition) is 3. The quantitative estimate of drug-likeness (QED) is 0.601. The fourth-order valence-electron chi connectivity index (χ4n) is 2.39. The van der Waals surface area contributed by atoms with Gasteiger partial charge in [0.25, 0.3) is 0 Å². The Balaban J connectivity index is 1.92. The summed E-state index contributed by atoms with van der Waals surface area (Å²) < 4.78 is 0. The number of benzene rings is 1. The van der Waals surface area contributed by atoms with Crippen molar-refractivity contribution >= 4 is 23.3 Å². The number of hydrogen-bond acceptors (Lipinski definition) is 5. The van der Waals surface area contributed by atoms with Crippen molar-refractivity contribution < 1.29 is 19.8 Å². The molecule has 0 aliphatic carbocycles. The highest BCUT2D eigenvalue weighted by atomic mass is 32.1. The molecule has 2 atom stereocenters. The van der Waals surface area contributed by atoms with Crippen molar-refractivity contribution in [1.29, 1.82) is 0 Å². The lowest BCUT2D eigenvalue weighted by atomic mass is 10.0. The second-order valence-electron chi connectivity index (χ2n) is 6.05. The van der Waals surface area contributed by atoms with Crippen molar-refractivity contribution in [3.63, 3.8) is 0 Å². The van der Waals surface area contributed by atoms with Crippen LogP contribution in [0, 0.1) is 5.92 Å². The third-order valence-electron chi connectivity index (χ3n) is 3.85. The molecule has 1 aromatic heterocycles. The normalized spacial score (nSPS) is 13.3. The lowest BCUT2D eigenvalue weighted by Gasteiger charge is -2.17. The van der Waals surface area contributed by atoms with Crippen molar-refractivity contribution in [3.8, 4) is 10.6 Å². The van der Waals surface area contributed by atoms with Gasteiger partial charge >= 0.3 is 11.9 Å². The van der Waals surface area contributed by atoms with E-state index >= 15 is 0 Å². The van der Waals surface area contributed by atoms with Crippen LogP contribution in [0.1, 0.15) is 25.5 Å². The maximum absolute atomic E-state index is 11.5. The number of rotatable bonds is 10. The molecule has 7 heteroatoms. The second-order valence-corrected chi connectivity index (χ2v) is 6.91. The smallest absolute Gasteiger partial charge is 0.321 e. The zero-order valence-corrected chi connectivity index (χ0v) is 14.8. The van der Waals surface area contributed by atoms with E-state index in [0.29, 0.717) is 19.4 Å². The molecule has 134 valence electrons. The van der Waals surface area contributed by atoms with Gasteiger partial charge in [0, 0.05) is 23.8 Å². The molecule has 0 saturated heterocycles. The minimum atomic E-state index is -0.931. The van der Waals surface area contributed by atoms with E-state index in [-0.39, 0.29) is 12.3 Å². The van der Waals surface area contributed by atoms with Crippen molar-refractivity contribution in [2.75, 3.05) is 6.54 Å². The number of aromatic nitrogens is 1. The summed E-state index contributed by atoms with van der Waals surface area (Å²) in [6.45, 7) is 2.37. The van der Waals surface area contributed by atoms with E-state index in [0.717, 1.165) is 16.3 Å². The molecule has 0 bridgehead atoms. The summed E-state index contributed by atoms with van der Waals surface area (Å²) in [6.07, 6.45) is 0.904. The molecular weight excluding hydrogens is 340 g/mol. The molecular formula is C18H22N2O4S. The molecule has 2 aromatic rings. The Labute approximate surface area is 150 Å². The molecule has 0 radical (unpaired) electrons. The Morgan fingerprint density at radius 1 is 1.24 bits per heavy atom. The molecule has 0 fully saturated rings. The van der Waals surface area contributed by atoms with E-state index in [1.807, 2.05) is 42.6 Å². The van der Waals surface area contributed by atoms with Crippen molar-refractivity contribution in [3.05, 3.63) is 41.4 Å². The molecule has 1 aromatic carbocycles. The van der Waals surface area contributed by atoms with Gasteiger partial charge in [-0.25, -0.2) is 4.98 Å². The Bertz CT molecular complexity index is 702. The summed E-state index contributed by atoms with van der Waals surface area (Å²) >= 11 is 1.49. The minimum absolute atomic E-state index is 0.0904. The van der Waals surface area contributed by atoms with Gasteiger partial charge in [-0.15, -0.1) is 11.3 Å². The summed E-state index contributed by atoms with van der Waals surface area (Å²) in [7, 11) is 0. The molecule has 0 saturated carbocycles. The number of nitrogens with one attached hydrogen (secondary N) is 1. The molecule has 3 N–H and O–H groups in total. The van der Waals surface area contributed by atoms with Crippen LogP contribution in [0.25, 0.3) is 10.6 Å². The first-order valence-corrected chi connectivity index (χ1v) is 9.01. The highest BCUT2D eigenvalue weighted by molar-refractivity contribution is 7.13. The number of thiazole rings is 1. The molecule has 25 heavy (non-hydrogen) atoms. The number of carbonyl (C=O) groups is 2. The van der Waals surface area contributed by atoms with Gasteiger partial charge < -0.3 is 15.5 Å². The van der Waals surface area contributed by atoms with Crippen LogP contribution in [-0.2, 0) is 16.0 Å². The molecule has 0 spiro atoms. The zero-order chi connectivity index (χ0) is 18.2. The van der Waals surface area contributed by atoms with Crippen LogP contribution >= 0.6 is 11.3 Å². The maximum Gasteiger partial charge on any atom is 0.321 e. The number of nitrogens with zero attached hydrogens (tertiary/aromatic N) is 1. The average Bonchev–Trinajstić information content (AvgIpc) is 3.06. The lowest BCUT2D eigenvalue weighted by molar-refractivity contribution is -0.140. The SMILES string of the molecule is CC(CCC(=O)O)CNC(Cc1csc(-c2ccccc2)n1)C(=O)O. The van der Waals surface area contributed by atoms with Crippen molar-refractivity contribution in [1.82, 2.24) is 10.3 Å². The molecule has 1 heterocycles. The van der Waals surface area contributed by atoms with Crippen molar-refractivity contribution in [2.45, 2.75) is 32.2 Å². The number of carboxylic acids is 2. The lowest BCUT2D eigenvalue weighted by Crippen LogP contribution is -2.40. The zero-order valence-electron chi connectivity index (χ0n) is 14.0. The third-order valence-corrected chi connectivity index (χ3v) is 4.79. The first kappa shape index (κ1) is 19.1. The van der Waals surface area contributed by atoms with Gasteiger partial charge in [0.15, 0.2) is 0 Å². The van der Waals surface area contributed by atoms with Crippen LogP contribution in [0.4, 0.5) is 0 Å². The van der Waals surface area contributed by atoms with Gasteiger partial charge in [0.2, 0.25) is 0 Å². The Kier molecular flexibility index (Phi) is 7.09. The Hall–Kier alpha value is -2.25. The van der Waals surface area contributed by atoms with Gasteiger partial charge in [0.1, 0.15) is 11.0 Å². The van der Waals surface area contributed by atoms with Gasteiger partial charge in [-0.3, -0.25) is 9.59 Å². The number of carboxylic acid groups (broad SMARTS) is 2. The minimum Gasteiger partial charge on any atom is -0.481 e. The molecule has 2 rings (SSSR count). The number of aliphatic carboxylic acids is 2. The van der Waals surface area contributed by atoms with Crippen LogP contribution in [0.5, 0.6) is 0 Å². The summed E-state index contributed by atoms with van der Waals surface area (Å²) in [6, 6.07) is 9.03. The van der Waals surface area contributed by atoms with E-state index in [4.69, 9.17) is 5.11 Å². The summed E-state index contributed by atoms with van der Waals surface area (Å²) in [5, 5.41) is 23.9. The van der Waals surface area contributed by atoms with Gasteiger partial charge in [-0.05, 0) is 18.9 Å².